The molecule has 2 heterocycles. The molecule has 1 N–H and O–H groups in total. The van der Waals surface area contributed by atoms with Crippen LogP contribution < -0.4 is 11.2 Å². The number of carbonyl (C=O) groups is 1. The minimum absolute atomic E-state index is 0.00858. The van der Waals surface area contributed by atoms with Crippen LogP contribution in [-0.4, -0.2) is 25.1 Å². The number of rotatable bonds is 9. The molecule has 1 unspecified atom stereocenters. The van der Waals surface area contributed by atoms with Crippen molar-refractivity contribution in [3.63, 3.8) is 0 Å². The van der Waals surface area contributed by atoms with Gasteiger partial charge in [-0.2, -0.15) is 0 Å². The summed E-state index contributed by atoms with van der Waals surface area (Å²) in [7, 11) is 0. The number of nitrogens with zero attached hydrogens (tertiary/aromatic N) is 3. The molecule has 1 atom stereocenters. The van der Waals surface area contributed by atoms with Crippen LogP contribution in [0.25, 0.3) is 11.2 Å². The molecule has 3 rings (SSSR count). The van der Waals surface area contributed by atoms with Crippen molar-refractivity contribution >= 4 is 17.1 Å². The van der Waals surface area contributed by atoms with E-state index in [1.165, 1.54) is 4.57 Å². The van der Waals surface area contributed by atoms with Gasteiger partial charge in [-0.15, -0.1) is 0 Å². The van der Waals surface area contributed by atoms with E-state index >= 15 is 0 Å². The average Bonchev–Trinajstić information content (AvgIpc) is 3.28. The van der Waals surface area contributed by atoms with Gasteiger partial charge in [-0.1, -0.05) is 32.4 Å². The van der Waals surface area contributed by atoms with Crippen molar-refractivity contribution in [1.29, 1.82) is 0 Å². The fourth-order valence-corrected chi connectivity index (χ4v) is 3.60. The average molecular weight is 388 g/mol. The summed E-state index contributed by atoms with van der Waals surface area (Å²) in [6, 6.07) is 0. The molecule has 0 bridgehead atoms. The van der Waals surface area contributed by atoms with Crippen molar-refractivity contribution in [1.82, 2.24) is 19.1 Å². The van der Waals surface area contributed by atoms with E-state index in [1.807, 2.05) is 13.8 Å². The van der Waals surface area contributed by atoms with Crippen LogP contribution in [0.2, 0.25) is 0 Å². The Hall–Kier alpha value is -2.64. The number of ether oxygens (including phenoxy) is 1. The number of imidazole rings is 1. The highest BCUT2D eigenvalue weighted by Gasteiger charge is 2.20. The second kappa shape index (κ2) is 9.03. The van der Waals surface area contributed by atoms with Gasteiger partial charge in [0.15, 0.2) is 11.2 Å². The van der Waals surface area contributed by atoms with Crippen molar-refractivity contribution in [2.24, 2.45) is 5.92 Å². The van der Waals surface area contributed by atoms with Gasteiger partial charge in [-0.25, -0.2) is 9.78 Å². The molecule has 0 saturated heterocycles. The van der Waals surface area contributed by atoms with Crippen LogP contribution in [0.3, 0.4) is 0 Å². The summed E-state index contributed by atoms with van der Waals surface area (Å²) in [5.41, 5.74) is -0.186. The van der Waals surface area contributed by atoms with E-state index in [0.29, 0.717) is 36.5 Å². The maximum atomic E-state index is 12.5. The summed E-state index contributed by atoms with van der Waals surface area (Å²) in [6.07, 6.45) is 8.98. The van der Waals surface area contributed by atoms with Gasteiger partial charge < -0.3 is 9.30 Å². The zero-order chi connectivity index (χ0) is 20.1. The Balaban J connectivity index is 1.90. The first-order valence-electron chi connectivity index (χ1n) is 10.1. The highest BCUT2D eigenvalue weighted by Crippen LogP contribution is 2.21. The third kappa shape index (κ3) is 4.26. The summed E-state index contributed by atoms with van der Waals surface area (Å²) in [6.45, 7) is 5.07. The number of nitrogens with one attached hydrogen (secondary N) is 1. The molecule has 1 aliphatic carbocycles. The fourth-order valence-electron chi connectivity index (χ4n) is 3.60. The number of aromatic nitrogens is 4. The lowest BCUT2D eigenvalue weighted by Crippen LogP contribution is -2.31. The molecule has 0 amide bonds. The molecule has 2 aromatic heterocycles. The molecule has 0 aromatic carbocycles. The van der Waals surface area contributed by atoms with Crippen LogP contribution in [0, 0.1) is 5.92 Å². The molecule has 8 heteroatoms. The molecule has 8 nitrogen and oxygen atoms in total. The Bertz CT molecular complexity index is 982. The predicted molar refractivity (Wildman–Crippen MR) is 106 cm³/mol. The zero-order valence-corrected chi connectivity index (χ0v) is 16.6. The molecular weight excluding hydrogens is 360 g/mol. The van der Waals surface area contributed by atoms with E-state index in [-0.39, 0.29) is 18.5 Å². The second-order valence-electron chi connectivity index (χ2n) is 7.25. The SMILES string of the molecule is CCCCn1c(=O)[nH]c(=O)c2c1nc(COC(=O)CC1C=CCC1)n2CCC. The fraction of sp³-hybridized carbons (Fsp3) is 0.600. The zero-order valence-electron chi connectivity index (χ0n) is 16.6. The Morgan fingerprint density at radius 1 is 1.25 bits per heavy atom. The summed E-state index contributed by atoms with van der Waals surface area (Å²) >= 11 is 0. The number of aromatic amines is 1. The standard InChI is InChI=1S/C20H28N4O4/c1-3-5-11-24-18-17(19(26)22-20(24)27)23(10-4-2)15(21-18)13-28-16(25)12-14-8-6-7-9-14/h6,8,14H,3-5,7,9-13H2,1-2H3,(H,22,26,27). The van der Waals surface area contributed by atoms with Crippen LogP contribution in [0.4, 0.5) is 0 Å². The number of fused-ring (bicyclic) bond motifs is 1. The molecular formula is C20H28N4O4. The smallest absolute Gasteiger partial charge is 0.330 e. The summed E-state index contributed by atoms with van der Waals surface area (Å²) in [5.74, 6) is 0.460. The Labute approximate surface area is 163 Å². The monoisotopic (exact) mass is 388 g/mol. The normalized spacial score (nSPS) is 16.1. The van der Waals surface area contributed by atoms with Gasteiger partial charge in [0.2, 0.25) is 0 Å². The second-order valence-corrected chi connectivity index (χ2v) is 7.25. The largest absolute Gasteiger partial charge is 0.457 e. The van der Waals surface area contributed by atoms with Crippen LogP contribution in [0.15, 0.2) is 21.7 Å². The van der Waals surface area contributed by atoms with Gasteiger partial charge in [0, 0.05) is 13.1 Å². The van der Waals surface area contributed by atoms with E-state index in [2.05, 4.69) is 22.1 Å². The Morgan fingerprint density at radius 3 is 2.75 bits per heavy atom. The van der Waals surface area contributed by atoms with Crippen molar-refractivity contribution in [3.05, 3.63) is 38.8 Å². The number of hydrogen-bond donors (Lipinski definition) is 1. The first-order chi connectivity index (χ1) is 13.5. The van der Waals surface area contributed by atoms with Crippen molar-refractivity contribution in [3.8, 4) is 0 Å². The van der Waals surface area contributed by atoms with Crippen molar-refractivity contribution in [2.45, 2.75) is 72.1 Å². The van der Waals surface area contributed by atoms with Crippen LogP contribution in [0.5, 0.6) is 0 Å². The Morgan fingerprint density at radius 2 is 2.07 bits per heavy atom. The van der Waals surface area contributed by atoms with Gasteiger partial charge in [-0.05, 0) is 31.6 Å². The van der Waals surface area contributed by atoms with Gasteiger partial charge in [0.05, 0.1) is 6.42 Å². The van der Waals surface area contributed by atoms with Gasteiger partial charge in [0.1, 0.15) is 12.4 Å². The molecule has 0 fully saturated rings. The third-order valence-electron chi connectivity index (χ3n) is 5.05. The first kappa shape index (κ1) is 20.1. The molecule has 0 saturated carbocycles. The van der Waals surface area contributed by atoms with Crippen LogP contribution >= 0.6 is 0 Å². The summed E-state index contributed by atoms with van der Waals surface area (Å²) in [4.78, 5) is 43.8. The van der Waals surface area contributed by atoms with E-state index < -0.39 is 11.2 Å². The van der Waals surface area contributed by atoms with Crippen molar-refractivity contribution in [2.75, 3.05) is 0 Å². The van der Waals surface area contributed by atoms with Crippen molar-refractivity contribution < 1.29 is 9.53 Å². The molecule has 152 valence electrons. The summed E-state index contributed by atoms with van der Waals surface area (Å²) in [5, 5.41) is 0. The third-order valence-corrected chi connectivity index (χ3v) is 5.05. The Kier molecular flexibility index (Phi) is 6.49. The number of hydrogen-bond acceptors (Lipinski definition) is 5. The van der Waals surface area contributed by atoms with Gasteiger partial charge in [0.25, 0.3) is 5.56 Å². The van der Waals surface area contributed by atoms with E-state index in [0.717, 1.165) is 32.1 Å². The highest BCUT2D eigenvalue weighted by molar-refractivity contribution is 5.72. The predicted octanol–water partition coefficient (Wildman–Crippen LogP) is 2.50. The van der Waals surface area contributed by atoms with Gasteiger partial charge >= 0.3 is 11.7 Å². The van der Waals surface area contributed by atoms with Crippen LogP contribution in [0.1, 0.15) is 58.2 Å². The van der Waals surface area contributed by atoms with E-state index in [9.17, 15) is 14.4 Å². The number of esters is 1. The summed E-state index contributed by atoms with van der Waals surface area (Å²) < 4.78 is 8.71. The van der Waals surface area contributed by atoms with Crippen LogP contribution in [-0.2, 0) is 29.2 Å². The van der Waals surface area contributed by atoms with E-state index in [1.54, 1.807) is 4.57 Å². The minimum atomic E-state index is -0.456. The molecule has 28 heavy (non-hydrogen) atoms. The topological polar surface area (TPSA) is 99.0 Å². The first-order valence-corrected chi connectivity index (χ1v) is 10.1. The lowest BCUT2D eigenvalue weighted by molar-refractivity contribution is -0.146. The molecule has 2 aromatic rings. The molecule has 0 aliphatic heterocycles. The maximum Gasteiger partial charge on any atom is 0.330 e. The maximum absolute atomic E-state index is 12.5. The highest BCUT2D eigenvalue weighted by atomic mass is 16.5. The molecule has 0 spiro atoms. The number of H-pyrrole nitrogens is 1. The minimum Gasteiger partial charge on any atom is -0.457 e. The number of allylic oxidation sites excluding steroid dienone is 2. The number of carbonyl (C=O) groups excluding carboxylic acids is 1. The van der Waals surface area contributed by atoms with Gasteiger partial charge in [-0.3, -0.25) is 19.1 Å². The van der Waals surface area contributed by atoms with E-state index in [4.69, 9.17) is 4.74 Å². The lowest BCUT2D eigenvalue weighted by atomic mass is 10.1. The quantitative estimate of drug-likeness (QED) is 0.526. The molecule has 1 aliphatic rings. The lowest BCUT2D eigenvalue weighted by Gasteiger charge is -2.10. The number of aryl methyl sites for hydroxylation is 2. The number of unbranched alkanes of at least 4 members (excludes halogenated alkanes) is 1. The molecule has 0 radical (unpaired) electrons.